The summed E-state index contributed by atoms with van der Waals surface area (Å²) in [7, 11) is 0. The van der Waals surface area contributed by atoms with Gasteiger partial charge >= 0.3 is 0 Å². The third kappa shape index (κ3) is 3.08. The Balaban J connectivity index is 2.14. The second kappa shape index (κ2) is 5.91. The summed E-state index contributed by atoms with van der Waals surface area (Å²) in [5.74, 6) is 0.833. The van der Waals surface area contributed by atoms with E-state index in [2.05, 4.69) is 19.1 Å². The summed E-state index contributed by atoms with van der Waals surface area (Å²) in [5.41, 5.74) is 5.06. The first-order valence-electron chi connectivity index (χ1n) is 6.78. The predicted octanol–water partition coefficient (Wildman–Crippen LogP) is 4.18. The van der Waals surface area contributed by atoms with E-state index in [-0.39, 0.29) is 12.4 Å². The molecule has 2 heteroatoms. The van der Waals surface area contributed by atoms with Gasteiger partial charge in [0.25, 0.3) is 0 Å². The lowest BCUT2D eigenvalue weighted by Crippen LogP contribution is -2.14. The Labute approximate surface area is 120 Å². The number of ether oxygens (including phenoxy) is 1. The molecule has 0 N–H and O–H groups in total. The minimum atomic E-state index is 0.0162. The molecule has 0 aliphatic carbocycles. The Morgan fingerprint density at radius 1 is 0.950 bits per heavy atom. The quantitative estimate of drug-likeness (QED) is 0.777. The molecule has 0 heterocycles. The van der Waals surface area contributed by atoms with E-state index in [1.807, 2.05) is 45.0 Å². The molecule has 0 aliphatic rings. The molecule has 2 nitrogen and oxygen atoms in total. The van der Waals surface area contributed by atoms with Crippen molar-refractivity contribution in [1.82, 2.24) is 0 Å². The van der Waals surface area contributed by atoms with Gasteiger partial charge in [0.05, 0.1) is 0 Å². The van der Waals surface area contributed by atoms with Gasteiger partial charge in [0.15, 0.2) is 12.4 Å². The highest BCUT2D eigenvalue weighted by Gasteiger charge is 2.11. The summed E-state index contributed by atoms with van der Waals surface area (Å²) in [6.07, 6.45) is 0. The van der Waals surface area contributed by atoms with E-state index in [9.17, 15) is 4.79 Å². The van der Waals surface area contributed by atoms with E-state index < -0.39 is 0 Å². The molecule has 0 saturated heterocycles. The highest BCUT2D eigenvalue weighted by molar-refractivity contribution is 5.98. The normalized spacial score (nSPS) is 10.4. The van der Waals surface area contributed by atoms with Crippen LogP contribution in [-0.4, -0.2) is 12.4 Å². The molecule has 0 saturated carbocycles. The molecule has 20 heavy (non-hydrogen) atoms. The second-order valence-corrected chi connectivity index (χ2v) is 5.25. The van der Waals surface area contributed by atoms with Crippen LogP contribution < -0.4 is 4.74 Å². The summed E-state index contributed by atoms with van der Waals surface area (Å²) >= 11 is 0. The van der Waals surface area contributed by atoms with E-state index in [1.165, 1.54) is 5.56 Å². The fourth-order valence-electron chi connectivity index (χ4n) is 2.50. The zero-order chi connectivity index (χ0) is 14.7. The van der Waals surface area contributed by atoms with Gasteiger partial charge < -0.3 is 4.74 Å². The predicted molar refractivity (Wildman–Crippen MR) is 81.7 cm³/mol. The summed E-state index contributed by atoms with van der Waals surface area (Å²) in [5, 5.41) is 0. The Hall–Kier alpha value is -2.09. The van der Waals surface area contributed by atoms with E-state index in [0.717, 1.165) is 28.0 Å². The van der Waals surface area contributed by atoms with Crippen LogP contribution in [0.2, 0.25) is 0 Å². The van der Waals surface area contributed by atoms with Gasteiger partial charge in [-0.15, -0.1) is 0 Å². The van der Waals surface area contributed by atoms with Crippen molar-refractivity contribution < 1.29 is 9.53 Å². The van der Waals surface area contributed by atoms with Crippen LogP contribution >= 0.6 is 0 Å². The summed E-state index contributed by atoms with van der Waals surface area (Å²) in [6, 6.07) is 11.7. The first-order chi connectivity index (χ1) is 9.49. The molecule has 2 aromatic rings. The number of aryl methyl sites for hydroxylation is 4. The average Bonchev–Trinajstić information content (AvgIpc) is 2.37. The molecule has 0 unspecified atom stereocenters. The monoisotopic (exact) mass is 268 g/mol. The van der Waals surface area contributed by atoms with E-state index in [1.54, 1.807) is 0 Å². The fraction of sp³-hybridized carbons (Fsp3) is 0.278. The standard InChI is InChI=1S/C18H20O2/c1-12-9-14(3)18(15(4)10-12)20-11-17(19)16-8-6-5-7-13(16)2/h5-10H,11H2,1-4H3. The average molecular weight is 268 g/mol. The Morgan fingerprint density at radius 3 is 2.15 bits per heavy atom. The van der Waals surface area contributed by atoms with Gasteiger partial charge in [-0.25, -0.2) is 0 Å². The van der Waals surface area contributed by atoms with Gasteiger partial charge in [-0.05, 0) is 44.4 Å². The van der Waals surface area contributed by atoms with Gasteiger partial charge in [0.1, 0.15) is 5.75 Å². The molecular formula is C18H20O2. The van der Waals surface area contributed by atoms with Gasteiger partial charge in [0.2, 0.25) is 0 Å². The van der Waals surface area contributed by atoms with E-state index in [4.69, 9.17) is 4.74 Å². The Kier molecular flexibility index (Phi) is 4.23. The molecule has 0 radical (unpaired) electrons. The minimum Gasteiger partial charge on any atom is -0.485 e. The van der Waals surface area contributed by atoms with Crippen LogP contribution in [0.25, 0.3) is 0 Å². The van der Waals surface area contributed by atoms with Crippen LogP contribution in [0.1, 0.15) is 32.6 Å². The molecule has 0 amide bonds. The number of carbonyl (C=O) groups excluding carboxylic acids is 1. The molecule has 0 atom stereocenters. The lowest BCUT2D eigenvalue weighted by atomic mass is 10.0. The molecule has 0 aromatic heterocycles. The molecule has 0 spiro atoms. The number of carbonyl (C=O) groups is 1. The van der Waals surface area contributed by atoms with Crippen LogP contribution in [0, 0.1) is 27.7 Å². The maximum Gasteiger partial charge on any atom is 0.200 e. The van der Waals surface area contributed by atoms with Crippen molar-refractivity contribution in [3.8, 4) is 5.75 Å². The summed E-state index contributed by atoms with van der Waals surface area (Å²) in [6.45, 7) is 8.09. The zero-order valence-corrected chi connectivity index (χ0v) is 12.5. The van der Waals surface area contributed by atoms with Crippen LogP contribution in [-0.2, 0) is 0 Å². The third-order valence-corrected chi connectivity index (χ3v) is 3.40. The minimum absolute atomic E-state index is 0.0162. The van der Waals surface area contributed by atoms with Gasteiger partial charge in [-0.2, -0.15) is 0 Å². The fourth-order valence-corrected chi connectivity index (χ4v) is 2.50. The van der Waals surface area contributed by atoms with E-state index >= 15 is 0 Å². The molecule has 104 valence electrons. The maximum atomic E-state index is 12.2. The highest BCUT2D eigenvalue weighted by atomic mass is 16.5. The highest BCUT2D eigenvalue weighted by Crippen LogP contribution is 2.24. The smallest absolute Gasteiger partial charge is 0.200 e. The first kappa shape index (κ1) is 14.3. The number of ketones is 1. The van der Waals surface area contributed by atoms with Crippen molar-refractivity contribution >= 4 is 5.78 Å². The van der Waals surface area contributed by atoms with Crippen LogP contribution in [0.15, 0.2) is 36.4 Å². The van der Waals surface area contributed by atoms with Crippen molar-refractivity contribution in [2.45, 2.75) is 27.7 Å². The molecular weight excluding hydrogens is 248 g/mol. The lowest BCUT2D eigenvalue weighted by Gasteiger charge is -2.13. The number of hydrogen-bond donors (Lipinski definition) is 0. The largest absolute Gasteiger partial charge is 0.485 e. The van der Waals surface area contributed by atoms with Crippen LogP contribution in [0.3, 0.4) is 0 Å². The Bertz CT molecular complexity index is 619. The van der Waals surface area contributed by atoms with E-state index in [0.29, 0.717) is 0 Å². The van der Waals surface area contributed by atoms with Crippen molar-refractivity contribution in [3.05, 3.63) is 64.2 Å². The van der Waals surface area contributed by atoms with Crippen LogP contribution in [0.4, 0.5) is 0 Å². The van der Waals surface area contributed by atoms with Crippen molar-refractivity contribution in [3.63, 3.8) is 0 Å². The zero-order valence-electron chi connectivity index (χ0n) is 12.5. The van der Waals surface area contributed by atoms with Crippen LogP contribution in [0.5, 0.6) is 5.75 Å². The molecule has 0 bridgehead atoms. The maximum absolute atomic E-state index is 12.2. The van der Waals surface area contributed by atoms with Crippen molar-refractivity contribution in [1.29, 1.82) is 0 Å². The lowest BCUT2D eigenvalue weighted by molar-refractivity contribution is 0.0920. The molecule has 2 aromatic carbocycles. The third-order valence-electron chi connectivity index (χ3n) is 3.40. The van der Waals surface area contributed by atoms with Gasteiger partial charge in [-0.3, -0.25) is 4.79 Å². The number of rotatable bonds is 4. The number of Topliss-reactive ketones (excluding diaryl/α,β-unsaturated/α-hetero) is 1. The Morgan fingerprint density at radius 2 is 1.55 bits per heavy atom. The van der Waals surface area contributed by atoms with Crippen molar-refractivity contribution in [2.24, 2.45) is 0 Å². The van der Waals surface area contributed by atoms with Gasteiger partial charge in [-0.1, -0.05) is 42.0 Å². The summed E-state index contributed by atoms with van der Waals surface area (Å²) in [4.78, 5) is 12.2. The topological polar surface area (TPSA) is 26.3 Å². The molecule has 0 aliphatic heterocycles. The first-order valence-corrected chi connectivity index (χ1v) is 6.78. The van der Waals surface area contributed by atoms with Gasteiger partial charge in [0, 0.05) is 5.56 Å². The molecule has 0 fully saturated rings. The summed E-state index contributed by atoms with van der Waals surface area (Å²) < 4.78 is 5.74. The van der Waals surface area contributed by atoms with Crippen molar-refractivity contribution in [2.75, 3.05) is 6.61 Å². The molecule has 2 rings (SSSR count). The number of hydrogen-bond acceptors (Lipinski definition) is 2. The number of benzene rings is 2. The SMILES string of the molecule is Cc1cc(C)c(OCC(=O)c2ccccc2C)c(C)c1. The second-order valence-electron chi connectivity index (χ2n) is 5.25.